The Morgan fingerprint density at radius 2 is 1.59 bits per heavy atom. The fourth-order valence-electron chi connectivity index (χ4n) is 3.27. The standard InChI is InChI=1S/C24H27NOS/c1-17-11-13-20(14-12-17)25-16-15-21(19-9-7-6-8-10-19)22(18(25)2)23(26)27-24(3,4)5/h6-16,21H,1-5H3. The minimum Gasteiger partial charge on any atom is -0.321 e. The lowest BCUT2D eigenvalue weighted by molar-refractivity contribution is -0.108. The van der Waals surface area contributed by atoms with Crippen molar-refractivity contribution >= 4 is 22.6 Å². The molecule has 0 aromatic heterocycles. The summed E-state index contributed by atoms with van der Waals surface area (Å²) in [5.74, 6) is -0.0183. The van der Waals surface area contributed by atoms with Crippen LogP contribution in [-0.4, -0.2) is 9.86 Å². The molecule has 2 aromatic carbocycles. The predicted molar refractivity (Wildman–Crippen MR) is 117 cm³/mol. The van der Waals surface area contributed by atoms with E-state index in [1.807, 2.05) is 18.2 Å². The molecule has 140 valence electrons. The third-order valence-corrected chi connectivity index (χ3v) is 5.60. The number of hydrogen-bond acceptors (Lipinski definition) is 3. The molecule has 1 unspecified atom stereocenters. The van der Waals surface area contributed by atoms with E-state index in [0.717, 1.165) is 22.5 Å². The first-order valence-corrected chi connectivity index (χ1v) is 10.1. The number of aryl methyl sites for hydroxylation is 1. The van der Waals surface area contributed by atoms with E-state index in [0.29, 0.717) is 0 Å². The first kappa shape index (κ1) is 19.5. The summed E-state index contributed by atoms with van der Waals surface area (Å²) in [7, 11) is 0. The van der Waals surface area contributed by atoms with E-state index in [1.165, 1.54) is 17.3 Å². The van der Waals surface area contributed by atoms with Crippen molar-refractivity contribution in [3.63, 3.8) is 0 Å². The van der Waals surface area contributed by atoms with Crippen molar-refractivity contribution < 1.29 is 4.79 Å². The molecule has 2 aromatic rings. The van der Waals surface area contributed by atoms with E-state index in [4.69, 9.17) is 0 Å². The average Bonchev–Trinajstić information content (AvgIpc) is 2.61. The molecule has 0 fully saturated rings. The third-order valence-electron chi connectivity index (χ3n) is 4.58. The number of thioether (sulfide) groups is 1. The molecule has 1 atom stereocenters. The van der Waals surface area contributed by atoms with E-state index < -0.39 is 0 Å². The second-order valence-electron chi connectivity index (χ2n) is 7.94. The van der Waals surface area contributed by atoms with Crippen LogP contribution >= 0.6 is 11.8 Å². The second-order valence-corrected chi connectivity index (χ2v) is 9.74. The third kappa shape index (κ3) is 4.54. The van der Waals surface area contributed by atoms with Crippen molar-refractivity contribution in [1.82, 2.24) is 0 Å². The molecular formula is C24H27NOS. The average molecular weight is 378 g/mol. The van der Waals surface area contributed by atoms with Gasteiger partial charge in [0.05, 0.1) is 0 Å². The second kappa shape index (κ2) is 7.77. The van der Waals surface area contributed by atoms with Gasteiger partial charge in [-0.15, -0.1) is 0 Å². The molecule has 2 nitrogen and oxygen atoms in total. The van der Waals surface area contributed by atoms with Gasteiger partial charge in [0, 0.05) is 33.8 Å². The molecule has 0 saturated carbocycles. The Bertz CT molecular complexity index is 873. The van der Waals surface area contributed by atoms with Gasteiger partial charge in [-0.2, -0.15) is 0 Å². The zero-order valence-corrected chi connectivity index (χ0v) is 17.5. The molecule has 0 bridgehead atoms. The highest BCUT2D eigenvalue weighted by Crippen LogP contribution is 2.40. The van der Waals surface area contributed by atoms with Crippen LogP contribution in [0.15, 0.2) is 78.1 Å². The number of allylic oxidation sites excluding steroid dienone is 2. The number of hydrogen-bond donors (Lipinski definition) is 0. The summed E-state index contributed by atoms with van der Waals surface area (Å²) in [5, 5.41) is 0.148. The lowest BCUT2D eigenvalue weighted by atomic mass is 9.88. The summed E-state index contributed by atoms with van der Waals surface area (Å²) in [6, 6.07) is 18.7. The van der Waals surface area contributed by atoms with E-state index in [-0.39, 0.29) is 15.8 Å². The first-order valence-electron chi connectivity index (χ1n) is 9.29. The lowest BCUT2D eigenvalue weighted by Crippen LogP contribution is -2.26. The zero-order chi connectivity index (χ0) is 19.6. The molecule has 3 heteroatoms. The molecule has 3 rings (SSSR count). The molecule has 1 heterocycles. The topological polar surface area (TPSA) is 20.3 Å². The Labute approximate surface area is 167 Å². The molecule has 0 N–H and O–H groups in total. The minimum absolute atomic E-state index is 0.0183. The maximum absolute atomic E-state index is 13.3. The van der Waals surface area contributed by atoms with Crippen LogP contribution in [0.3, 0.4) is 0 Å². The van der Waals surface area contributed by atoms with Crippen LogP contribution in [-0.2, 0) is 4.79 Å². The van der Waals surface area contributed by atoms with Crippen LogP contribution in [0.25, 0.3) is 0 Å². The zero-order valence-electron chi connectivity index (χ0n) is 16.7. The minimum atomic E-state index is -0.124. The largest absolute Gasteiger partial charge is 0.321 e. The van der Waals surface area contributed by atoms with Gasteiger partial charge in [-0.3, -0.25) is 4.79 Å². The maximum atomic E-state index is 13.3. The highest BCUT2D eigenvalue weighted by Gasteiger charge is 2.31. The molecule has 27 heavy (non-hydrogen) atoms. The fraction of sp³-hybridized carbons (Fsp3) is 0.292. The summed E-state index contributed by atoms with van der Waals surface area (Å²) in [6.45, 7) is 10.4. The van der Waals surface area contributed by atoms with Crippen molar-refractivity contribution in [3.8, 4) is 0 Å². The number of carbonyl (C=O) groups is 1. The molecule has 0 spiro atoms. The van der Waals surface area contributed by atoms with Crippen molar-refractivity contribution in [2.45, 2.75) is 45.3 Å². The molecule has 0 amide bonds. The van der Waals surface area contributed by atoms with Crippen LogP contribution in [0.1, 0.15) is 44.7 Å². The summed E-state index contributed by atoms with van der Waals surface area (Å²) >= 11 is 1.41. The number of carbonyl (C=O) groups excluding carboxylic acids is 1. The van der Waals surface area contributed by atoms with Crippen molar-refractivity contribution in [2.24, 2.45) is 0 Å². The number of anilines is 1. The lowest BCUT2D eigenvalue weighted by Gasteiger charge is -2.32. The molecule has 0 aliphatic carbocycles. The molecule has 1 aliphatic heterocycles. The highest BCUT2D eigenvalue weighted by atomic mass is 32.2. The Balaban J connectivity index is 2.06. The van der Waals surface area contributed by atoms with Crippen LogP contribution in [0.4, 0.5) is 5.69 Å². The Kier molecular flexibility index (Phi) is 5.61. The molecule has 0 radical (unpaired) electrons. The van der Waals surface area contributed by atoms with Gasteiger partial charge in [0.1, 0.15) is 0 Å². The Morgan fingerprint density at radius 3 is 2.19 bits per heavy atom. The first-order chi connectivity index (χ1) is 12.8. The van der Waals surface area contributed by atoms with Crippen LogP contribution in [0.5, 0.6) is 0 Å². The van der Waals surface area contributed by atoms with Gasteiger partial charge in [0.15, 0.2) is 0 Å². The van der Waals surface area contributed by atoms with E-state index in [2.05, 4.69) is 88.2 Å². The van der Waals surface area contributed by atoms with E-state index >= 15 is 0 Å². The van der Waals surface area contributed by atoms with Gasteiger partial charge >= 0.3 is 0 Å². The normalized spacial score (nSPS) is 17.4. The number of benzene rings is 2. The van der Waals surface area contributed by atoms with Gasteiger partial charge in [-0.1, -0.05) is 86.6 Å². The SMILES string of the molecule is CC1=C(C(=O)SC(C)(C)C)C(c2ccccc2)C=CN1c1ccc(C)cc1. The summed E-state index contributed by atoms with van der Waals surface area (Å²) in [4.78, 5) is 15.4. The molecular weight excluding hydrogens is 350 g/mol. The molecule has 1 aliphatic rings. The van der Waals surface area contributed by atoms with Gasteiger partial charge in [-0.25, -0.2) is 0 Å². The summed E-state index contributed by atoms with van der Waals surface area (Å²) in [6.07, 6.45) is 4.23. The monoisotopic (exact) mass is 377 g/mol. The van der Waals surface area contributed by atoms with Crippen molar-refractivity contribution in [2.75, 3.05) is 4.90 Å². The van der Waals surface area contributed by atoms with Gasteiger partial charge in [-0.05, 0) is 31.5 Å². The van der Waals surface area contributed by atoms with Gasteiger partial charge in [0.25, 0.3) is 0 Å². The quantitative estimate of drug-likeness (QED) is 0.613. The molecule has 0 saturated heterocycles. The summed E-state index contributed by atoms with van der Waals surface area (Å²) < 4.78 is -0.124. The van der Waals surface area contributed by atoms with Crippen molar-refractivity contribution in [1.29, 1.82) is 0 Å². The van der Waals surface area contributed by atoms with Crippen LogP contribution in [0.2, 0.25) is 0 Å². The Morgan fingerprint density at radius 1 is 0.963 bits per heavy atom. The predicted octanol–water partition coefficient (Wildman–Crippen LogP) is 6.44. The maximum Gasteiger partial charge on any atom is 0.218 e. The fourth-order valence-corrected chi connectivity index (χ4v) is 4.21. The Hall–Kier alpha value is -2.26. The highest BCUT2D eigenvalue weighted by molar-refractivity contribution is 8.15. The smallest absolute Gasteiger partial charge is 0.218 e. The van der Waals surface area contributed by atoms with Crippen LogP contribution < -0.4 is 4.90 Å². The van der Waals surface area contributed by atoms with E-state index in [9.17, 15) is 4.79 Å². The number of nitrogens with zero attached hydrogens (tertiary/aromatic N) is 1. The van der Waals surface area contributed by atoms with Crippen LogP contribution in [0, 0.1) is 6.92 Å². The summed E-state index contributed by atoms with van der Waals surface area (Å²) in [5.41, 5.74) is 5.31. The van der Waals surface area contributed by atoms with Gasteiger partial charge in [0.2, 0.25) is 5.12 Å². The van der Waals surface area contributed by atoms with Gasteiger partial charge < -0.3 is 4.90 Å². The van der Waals surface area contributed by atoms with E-state index in [1.54, 1.807) is 0 Å². The van der Waals surface area contributed by atoms with Crippen molar-refractivity contribution in [3.05, 3.63) is 89.3 Å². The number of rotatable bonds is 3.